The molecule has 2 unspecified atom stereocenters. The predicted molar refractivity (Wildman–Crippen MR) is 54.5 cm³/mol. The minimum absolute atomic E-state index is 0.0871. The smallest absolute Gasteiger partial charge is 0.325 e. The minimum Gasteiger partial charge on any atom is -0.480 e. The van der Waals surface area contributed by atoms with Gasteiger partial charge >= 0.3 is 5.97 Å². The quantitative estimate of drug-likeness (QED) is 0.778. The summed E-state index contributed by atoms with van der Waals surface area (Å²) in [5.74, 6) is -0.802. The largest absolute Gasteiger partial charge is 0.480 e. The zero-order valence-corrected chi connectivity index (χ0v) is 8.37. The fraction of sp³-hybridized carbons (Fsp3) is 0.364. The Hall–Kier alpha value is -1.02. The molecular formula is C11H11ClO2. The molecule has 1 saturated carbocycles. The zero-order valence-electron chi connectivity index (χ0n) is 7.61. The summed E-state index contributed by atoms with van der Waals surface area (Å²) in [5, 5.41) is 8.83. The van der Waals surface area contributed by atoms with Crippen molar-refractivity contribution >= 4 is 17.6 Å². The summed E-state index contributed by atoms with van der Waals surface area (Å²) in [7, 11) is 0. The molecule has 3 heteroatoms. The Kier molecular flexibility index (Phi) is 2.23. The Morgan fingerprint density at radius 1 is 1.50 bits per heavy atom. The van der Waals surface area contributed by atoms with Crippen molar-refractivity contribution in [3.8, 4) is 0 Å². The number of benzene rings is 1. The number of aliphatic carboxylic acids is 1. The molecule has 1 fully saturated rings. The van der Waals surface area contributed by atoms with Gasteiger partial charge in [0.2, 0.25) is 0 Å². The third kappa shape index (κ3) is 1.62. The van der Waals surface area contributed by atoms with Crippen molar-refractivity contribution in [3.63, 3.8) is 0 Å². The molecule has 1 aromatic carbocycles. The molecule has 2 nitrogen and oxygen atoms in total. The molecule has 2 rings (SSSR count). The summed E-state index contributed by atoms with van der Waals surface area (Å²) < 4.78 is 0. The molecule has 0 heterocycles. The van der Waals surface area contributed by atoms with Crippen LogP contribution in [0.4, 0.5) is 0 Å². The zero-order chi connectivity index (χ0) is 10.2. The van der Waals surface area contributed by atoms with Gasteiger partial charge in [0.25, 0.3) is 0 Å². The fourth-order valence-corrected chi connectivity index (χ4v) is 1.96. The number of carbonyl (C=O) groups is 1. The Balaban J connectivity index is 2.00. The fourth-order valence-electron chi connectivity index (χ4n) is 1.69. The molecule has 0 aliphatic heterocycles. The third-order valence-electron chi connectivity index (χ3n) is 2.71. The number of halogens is 1. The first-order valence-corrected chi connectivity index (χ1v) is 4.97. The first-order chi connectivity index (χ1) is 6.63. The van der Waals surface area contributed by atoms with E-state index in [2.05, 4.69) is 0 Å². The van der Waals surface area contributed by atoms with E-state index in [1.54, 1.807) is 0 Å². The lowest BCUT2D eigenvalue weighted by Gasteiger charge is -2.02. The maximum absolute atomic E-state index is 10.8. The summed E-state index contributed by atoms with van der Waals surface area (Å²) in [6, 6.07) is 9.85. The molecule has 1 aliphatic carbocycles. The van der Waals surface area contributed by atoms with E-state index in [0.29, 0.717) is 6.42 Å². The molecule has 0 saturated heterocycles. The van der Waals surface area contributed by atoms with Crippen molar-refractivity contribution in [1.29, 1.82) is 0 Å². The first-order valence-electron chi connectivity index (χ1n) is 4.59. The molecule has 1 aromatic rings. The third-order valence-corrected chi connectivity index (χ3v) is 3.34. The van der Waals surface area contributed by atoms with E-state index < -0.39 is 10.8 Å². The molecule has 0 radical (unpaired) electrons. The Labute approximate surface area is 87.5 Å². The van der Waals surface area contributed by atoms with Crippen LogP contribution < -0.4 is 0 Å². The maximum Gasteiger partial charge on any atom is 0.325 e. The monoisotopic (exact) mass is 210 g/mol. The van der Waals surface area contributed by atoms with Crippen LogP contribution in [-0.4, -0.2) is 16.0 Å². The van der Waals surface area contributed by atoms with Gasteiger partial charge in [-0.3, -0.25) is 4.79 Å². The van der Waals surface area contributed by atoms with E-state index in [9.17, 15) is 4.79 Å². The van der Waals surface area contributed by atoms with Crippen LogP contribution >= 0.6 is 11.6 Å². The van der Waals surface area contributed by atoms with Gasteiger partial charge in [-0.25, -0.2) is 0 Å². The number of alkyl halides is 1. The molecule has 1 N–H and O–H groups in total. The minimum atomic E-state index is -0.990. The summed E-state index contributed by atoms with van der Waals surface area (Å²) in [4.78, 5) is 9.76. The van der Waals surface area contributed by atoms with Gasteiger partial charge in [-0.15, -0.1) is 11.6 Å². The lowest BCUT2D eigenvalue weighted by Crippen LogP contribution is -2.18. The average molecular weight is 211 g/mol. The van der Waals surface area contributed by atoms with Crippen LogP contribution in [0.3, 0.4) is 0 Å². The SMILES string of the molecule is O=C(O)C1(Cl)CC1Cc1ccccc1. The highest BCUT2D eigenvalue weighted by Crippen LogP contribution is 2.51. The van der Waals surface area contributed by atoms with Crippen LogP contribution in [0.15, 0.2) is 30.3 Å². The number of carboxylic acids is 1. The van der Waals surface area contributed by atoms with E-state index >= 15 is 0 Å². The van der Waals surface area contributed by atoms with Crippen molar-refractivity contribution in [2.24, 2.45) is 5.92 Å². The normalized spacial score (nSPS) is 29.9. The first kappa shape index (κ1) is 9.53. The second kappa shape index (κ2) is 3.28. The lowest BCUT2D eigenvalue weighted by atomic mass is 10.1. The van der Waals surface area contributed by atoms with Crippen molar-refractivity contribution in [2.45, 2.75) is 17.7 Å². The van der Waals surface area contributed by atoms with E-state index in [1.807, 2.05) is 30.3 Å². The van der Waals surface area contributed by atoms with Crippen molar-refractivity contribution in [2.75, 3.05) is 0 Å². The predicted octanol–water partition coefficient (Wildman–Crippen LogP) is 2.31. The Morgan fingerprint density at radius 3 is 2.64 bits per heavy atom. The average Bonchev–Trinajstić information content (AvgIpc) is 2.80. The van der Waals surface area contributed by atoms with Crippen LogP contribution in [0.2, 0.25) is 0 Å². The Bertz CT molecular complexity index is 350. The molecule has 0 bridgehead atoms. The van der Waals surface area contributed by atoms with Crippen LogP contribution in [0.1, 0.15) is 12.0 Å². The number of hydrogen-bond donors (Lipinski definition) is 1. The molecule has 14 heavy (non-hydrogen) atoms. The highest BCUT2D eigenvalue weighted by Gasteiger charge is 2.58. The topological polar surface area (TPSA) is 37.3 Å². The molecule has 0 aromatic heterocycles. The van der Waals surface area contributed by atoms with Gasteiger partial charge in [0.15, 0.2) is 0 Å². The highest BCUT2D eigenvalue weighted by atomic mass is 35.5. The van der Waals surface area contributed by atoms with Gasteiger partial charge in [-0.05, 0) is 24.3 Å². The molecule has 1 aliphatic rings. The van der Waals surface area contributed by atoms with E-state index in [4.69, 9.17) is 16.7 Å². The van der Waals surface area contributed by atoms with E-state index in [-0.39, 0.29) is 5.92 Å². The molecule has 74 valence electrons. The molecular weight excluding hydrogens is 200 g/mol. The van der Waals surface area contributed by atoms with Crippen molar-refractivity contribution in [3.05, 3.63) is 35.9 Å². The second-order valence-electron chi connectivity index (χ2n) is 3.76. The van der Waals surface area contributed by atoms with Crippen molar-refractivity contribution < 1.29 is 9.90 Å². The van der Waals surface area contributed by atoms with Crippen LogP contribution in [0, 0.1) is 5.92 Å². The van der Waals surface area contributed by atoms with Gasteiger partial charge in [-0.2, -0.15) is 0 Å². The maximum atomic E-state index is 10.8. The molecule has 2 atom stereocenters. The van der Waals surface area contributed by atoms with Crippen LogP contribution in [0.25, 0.3) is 0 Å². The van der Waals surface area contributed by atoms with Crippen molar-refractivity contribution in [1.82, 2.24) is 0 Å². The Morgan fingerprint density at radius 2 is 2.14 bits per heavy atom. The standard InChI is InChI=1S/C11H11ClO2/c12-11(10(13)14)7-9(11)6-8-4-2-1-3-5-8/h1-5,9H,6-7H2,(H,13,14). The van der Waals surface area contributed by atoms with Gasteiger partial charge in [0, 0.05) is 0 Å². The van der Waals surface area contributed by atoms with E-state index in [1.165, 1.54) is 0 Å². The van der Waals surface area contributed by atoms with Gasteiger partial charge in [-0.1, -0.05) is 30.3 Å². The molecule has 0 amide bonds. The summed E-state index contributed by atoms with van der Waals surface area (Å²) in [5.41, 5.74) is 1.15. The number of hydrogen-bond acceptors (Lipinski definition) is 1. The van der Waals surface area contributed by atoms with Crippen LogP contribution in [0.5, 0.6) is 0 Å². The summed E-state index contributed by atoms with van der Waals surface area (Å²) in [6.45, 7) is 0. The molecule has 0 spiro atoms. The highest BCUT2D eigenvalue weighted by molar-refractivity contribution is 6.36. The summed E-state index contributed by atoms with van der Waals surface area (Å²) in [6.07, 6.45) is 1.34. The summed E-state index contributed by atoms with van der Waals surface area (Å²) >= 11 is 5.90. The van der Waals surface area contributed by atoms with Crippen LogP contribution in [-0.2, 0) is 11.2 Å². The number of carboxylic acid groups (broad SMARTS) is 1. The van der Waals surface area contributed by atoms with E-state index in [0.717, 1.165) is 12.0 Å². The lowest BCUT2D eigenvalue weighted by molar-refractivity contribution is -0.137. The van der Waals surface area contributed by atoms with Gasteiger partial charge < -0.3 is 5.11 Å². The van der Waals surface area contributed by atoms with Gasteiger partial charge in [0.1, 0.15) is 4.87 Å². The number of rotatable bonds is 3. The van der Waals surface area contributed by atoms with Gasteiger partial charge in [0.05, 0.1) is 0 Å². The second-order valence-corrected chi connectivity index (χ2v) is 4.43.